The van der Waals surface area contributed by atoms with E-state index in [0.29, 0.717) is 0 Å². The summed E-state index contributed by atoms with van der Waals surface area (Å²) in [5.74, 6) is 0. The minimum atomic E-state index is 0.982. The molecule has 0 amide bonds. The van der Waals surface area contributed by atoms with Crippen molar-refractivity contribution in [3.63, 3.8) is 0 Å². The highest BCUT2D eigenvalue weighted by Gasteiger charge is 2.17. The average molecular weight is 1150 g/mol. The Bertz CT molecular complexity index is 3690. The summed E-state index contributed by atoms with van der Waals surface area (Å²) in [4.78, 5) is 0. The van der Waals surface area contributed by atoms with Crippen molar-refractivity contribution in [2.75, 3.05) is 0 Å². The SMILES string of the molecule is Brc1cc(-c2cc(/C=C/c3ccc4ccccc4c3)c(/C=C/c3ccc4ccccc4c3)cc2Br)c(Br)cc1-c1cc(/C=C/c2ccc3ccccc3c2)c(/C=C/c2ccc3ccccc3c2)cc1Br. The van der Waals surface area contributed by atoms with E-state index in [0.717, 1.165) is 84.7 Å². The lowest BCUT2D eigenvalue weighted by Crippen LogP contribution is -1.92. The third kappa shape index (κ3) is 10.0. The van der Waals surface area contributed by atoms with Crippen LogP contribution in [-0.2, 0) is 0 Å². The predicted octanol–water partition coefficient (Wildman–Crippen LogP) is 21.4. The summed E-state index contributed by atoms with van der Waals surface area (Å²) in [7, 11) is 0. The third-order valence-corrected chi connectivity index (χ3v) is 15.5. The van der Waals surface area contributed by atoms with Crippen LogP contribution in [0.2, 0.25) is 0 Å². The van der Waals surface area contributed by atoms with Crippen molar-refractivity contribution in [1.82, 2.24) is 0 Å². The quantitative estimate of drug-likeness (QED) is 0.120. The third-order valence-electron chi connectivity index (χ3n) is 12.9. The standard InChI is InChI=1S/C66H42Br4/c67-63-39-57(31-23-45-19-27-49-11-3-7-15-53(49)35-45)55(29-21-43-17-25-47-9-1-5-13-51(47)33-43)37-59(63)61-41-66(70)62(42-65(61)69)60-38-56(30-22-44-18-26-48-10-2-6-14-52(48)34-44)58(40-64(60)68)32-24-46-20-28-50-12-4-8-16-54(50)36-46/h1-42H/b29-21+,30-22+,31-23+,32-24+. The van der Waals surface area contributed by atoms with Crippen LogP contribution in [-0.4, -0.2) is 0 Å². The molecular formula is C66H42Br4. The second-order valence-corrected chi connectivity index (χ2v) is 20.9. The molecule has 0 spiro atoms. The smallest absolute Gasteiger partial charge is 0.0261 e. The van der Waals surface area contributed by atoms with Crippen LogP contribution in [0.4, 0.5) is 0 Å². The first-order chi connectivity index (χ1) is 34.3. The van der Waals surface area contributed by atoms with Crippen LogP contribution in [0.25, 0.3) is 114 Å². The Morgan fingerprint density at radius 3 is 0.714 bits per heavy atom. The van der Waals surface area contributed by atoms with Crippen molar-refractivity contribution >= 4 is 155 Å². The van der Waals surface area contributed by atoms with Gasteiger partial charge in [0, 0.05) is 17.9 Å². The van der Waals surface area contributed by atoms with Crippen molar-refractivity contribution in [3.8, 4) is 22.3 Å². The number of hydrogen-bond donors (Lipinski definition) is 0. The number of rotatable bonds is 10. The average Bonchev–Trinajstić information content (AvgIpc) is 3.39. The van der Waals surface area contributed by atoms with Crippen LogP contribution in [0.3, 0.4) is 0 Å². The molecule has 4 heteroatoms. The van der Waals surface area contributed by atoms with Gasteiger partial charge in [-0.05, 0) is 171 Å². The van der Waals surface area contributed by atoms with Gasteiger partial charge in [0.05, 0.1) is 0 Å². The lowest BCUT2D eigenvalue weighted by Gasteiger charge is -2.16. The second kappa shape index (κ2) is 20.4. The normalized spacial score (nSPS) is 12.1. The summed E-state index contributed by atoms with van der Waals surface area (Å²) in [5, 5.41) is 9.82. The zero-order valence-electron chi connectivity index (χ0n) is 37.8. The van der Waals surface area contributed by atoms with Gasteiger partial charge in [0.1, 0.15) is 0 Å². The molecular weight excluding hydrogens is 1110 g/mol. The van der Waals surface area contributed by atoms with E-state index in [1.165, 1.54) is 43.1 Å². The van der Waals surface area contributed by atoms with E-state index < -0.39 is 0 Å². The van der Waals surface area contributed by atoms with Gasteiger partial charge >= 0.3 is 0 Å². The van der Waals surface area contributed by atoms with Gasteiger partial charge in [-0.25, -0.2) is 0 Å². The molecule has 0 atom stereocenters. The topological polar surface area (TPSA) is 0 Å². The molecule has 11 aromatic carbocycles. The van der Waals surface area contributed by atoms with Crippen molar-refractivity contribution in [2.24, 2.45) is 0 Å². The first-order valence-corrected chi connectivity index (χ1v) is 26.3. The Morgan fingerprint density at radius 1 is 0.200 bits per heavy atom. The Morgan fingerprint density at radius 2 is 0.429 bits per heavy atom. The fourth-order valence-corrected chi connectivity index (χ4v) is 11.4. The van der Waals surface area contributed by atoms with Gasteiger partial charge < -0.3 is 0 Å². The molecule has 0 aromatic heterocycles. The minimum Gasteiger partial charge on any atom is -0.0616 e. The summed E-state index contributed by atoms with van der Waals surface area (Å²) in [5.41, 5.74) is 13.3. The summed E-state index contributed by atoms with van der Waals surface area (Å²) < 4.78 is 3.96. The predicted molar refractivity (Wildman–Crippen MR) is 320 cm³/mol. The Hall–Kier alpha value is -6.66. The van der Waals surface area contributed by atoms with Crippen LogP contribution >= 0.6 is 63.7 Å². The molecule has 0 fully saturated rings. The molecule has 0 saturated carbocycles. The molecule has 0 N–H and O–H groups in total. The Labute approximate surface area is 442 Å². The molecule has 0 heterocycles. The molecule has 0 nitrogen and oxygen atoms in total. The van der Waals surface area contributed by atoms with E-state index in [2.05, 4.69) is 319 Å². The van der Waals surface area contributed by atoms with Gasteiger partial charge in [-0.3, -0.25) is 0 Å². The number of hydrogen-bond acceptors (Lipinski definition) is 0. The molecule has 0 bridgehead atoms. The van der Waals surface area contributed by atoms with Gasteiger partial charge in [-0.1, -0.05) is 258 Å². The second-order valence-electron chi connectivity index (χ2n) is 17.5. The van der Waals surface area contributed by atoms with Gasteiger partial charge in [0.15, 0.2) is 0 Å². The van der Waals surface area contributed by atoms with E-state index in [4.69, 9.17) is 0 Å². The van der Waals surface area contributed by atoms with Crippen molar-refractivity contribution in [3.05, 3.63) is 269 Å². The van der Waals surface area contributed by atoms with Crippen LogP contribution in [0.15, 0.2) is 224 Å². The van der Waals surface area contributed by atoms with Crippen molar-refractivity contribution in [1.29, 1.82) is 0 Å². The summed E-state index contributed by atoms with van der Waals surface area (Å²) in [6, 6.07) is 74.0. The minimum absolute atomic E-state index is 0.982. The summed E-state index contributed by atoms with van der Waals surface area (Å²) in [6.45, 7) is 0. The first-order valence-electron chi connectivity index (χ1n) is 23.1. The van der Waals surface area contributed by atoms with Gasteiger partial charge in [-0.2, -0.15) is 0 Å². The zero-order chi connectivity index (χ0) is 47.6. The largest absolute Gasteiger partial charge is 0.0616 e. The van der Waals surface area contributed by atoms with Gasteiger partial charge in [-0.15, -0.1) is 0 Å². The fraction of sp³-hybridized carbons (Fsp3) is 0. The summed E-state index contributed by atoms with van der Waals surface area (Å²) in [6.07, 6.45) is 17.7. The first kappa shape index (κ1) is 45.8. The number of fused-ring (bicyclic) bond motifs is 4. The van der Waals surface area contributed by atoms with E-state index >= 15 is 0 Å². The maximum absolute atomic E-state index is 4.06. The zero-order valence-corrected chi connectivity index (χ0v) is 44.1. The van der Waals surface area contributed by atoms with E-state index in [1.54, 1.807) is 0 Å². The van der Waals surface area contributed by atoms with Crippen molar-refractivity contribution < 1.29 is 0 Å². The van der Waals surface area contributed by atoms with Crippen molar-refractivity contribution in [2.45, 2.75) is 0 Å². The van der Waals surface area contributed by atoms with E-state index in [-0.39, 0.29) is 0 Å². The van der Waals surface area contributed by atoms with Gasteiger partial charge in [0.2, 0.25) is 0 Å². The van der Waals surface area contributed by atoms with Gasteiger partial charge in [0.25, 0.3) is 0 Å². The van der Waals surface area contributed by atoms with Crippen LogP contribution in [0.1, 0.15) is 44.5 Å². The van der Waals surface area contributed by atoms with Crippen LogP contribution in [0.5, 0.6) is 0 Å². The Kier molecular flexibility index (Phi) is 13.3. The molecule has 0 aliphatic rings. The summed E-state index contributed by atoms with van der Waals surface area (Å²) >= 11 is 16.2. The lowest BCUT2D eigenvalue weighted by molar-refractivity contribution is 1.48. The van der Waals surface area contributed by atoms with Crippen LogP contribution < -0.4 is 0 Å². The number of halogens is 4. The van der Waals surface area contributed by atoms with Crippen LogP contribution in [0, 0.1) is 0 Å². The molecule has 334 valence electrons. The van der Waals surface area contributed by atoms with E-state index in [9.17, 15) is 0 Å². The molecule has 70 heavy (non-hydrogen) atoms. The molecule has 0 aliphatic carbocycles. The molecule has 11 rings (SSSR count). The number of benzene rings is 11. The Balaban J connectivity index is 0.975. The molecule has 11 aromatic rings. The molecule has 0 radical (unpaired) electrons. The highest BCUT2D eigenvalue weighted by atomic mass is 79.9. The molecule has 0 saturated heterocycles. The maximum Gasteiger partial charge on any atom is 0.0261 e. The molecule has 0 unspecified atom stereocenters. The maximum atomic E-state index is 4.06. The highest BCUT2D eigenvalue weighted by molar-refractivity contribution is 9.11. The monoisotopic (exact) mass is 1150 g/mol. The molecule has 0 aliphatic heterocycles. The lowest BCUT2D eigenvalue weighted by atomic mass is 9.94. The highest BCUT2D eigenvalue weighted by Crippen LogP contribution is 2.44. The van der Waals surface area contributed by atoms with E-state index in [1.807, 2.05) is 0 Å². The fourth-order valence-electron chi connectivity index (χ4n) is 9.15.